The fraction of sp³-hybridized carbons (Fsp3) is 0.421. The van der Waals surface area contributed by atoms with Crippen LogP contribution in [0.5, 0.6) is 0 Å². The molecule has 0 saturated heterocycles. The summed E-state index contributed by atoms with van der Waals surface area (Å²) in [6, 6.07) is 6.32. The second kappa shape index (κ2) is 9.43. The maximum atomic E-state index is 13.0. The van der Waals surface area contributed by atoms with Gasteiger partial charge in [0.25, 0.3) is 0 Å². The van der Waals surface area contributed by atoms with Crippen molar-refractivity contribution < 1.29 is 14.0 Å². The molecule has 0 aliphatic heterocycles. The number of carbonyl (C=O) groups is 2. The lowest BCUT2D eigenvalue weighted by atomic mass is 10.1. The molecule has 0 radical (unpaired) electrons. The molecule has 2 aromatic rings. The van der Waals surface area contributed by atoms with Crippen LogP contribution >= 0.6 is 11.3 Å². The van der Waals surface area contributed by atoms with Gasteiger partial charge in [0.15, 0.2) is 5.13 Å². The quantitative estimate of drug-likeness (QED) is 0.737. The van der Waals surface area contributed by atoms with Crippen molar-refractivity contribution in [3.63, 3.8) is 0 Å². The Labute approximate surface area is 157 Å². The van der Waals surface area contributed by atoms with Crippen LogP contribution in [-0.2, 0) is 16.0 Å². The normalized spacial score (nSPS) is 10.8. The Kier molecular flexibility index (Phi) is 7.26. The highest BCUT2D eigenvalue weighted by atomic mass is 32.1. The molecule has 1 heterocycles. The number of aromatic nitrogens is 1. The van der Waals surface area contributed by atoms with Crippen molar-refractivity contribution in [2.75, 3.05) is 11.9 Å². The lowest BCUT2D eigenvalue weighted by Gasteiger charge is -2.06. The second-order valence-corrected chi connectivity index (χ2v) is 7.67. The van der Waals surface area contributed by atoms with Gasteiger partial charge in [0, 0.05) is 17.7 Å². The predicted octanol–water partition coefficient (Wildman–Crippen LogP) is 3.67. The first-order valence-electron chi connectivity index (χ1n) is 8.60. The monoisotopic (exact) mass is 377 g/mol. The van der Waals surface area contributed by atoms with Crippen LogP contribution < -0.4 is 10.6 Å². The summed E-state index contributed by atoms with van der Waals surface area (Å²) >= 11 is 1.39. The van der Waals surface area contributed by atoms with Crippen LogP contribution in [0.25, 0.3) is 0 Å². The predicted molar refractivity (Wildman–Crippen MR) is 102 cm³/mol. The van der Waals surface area contributed by atoms with Crippen molar-refractivity contribution in [1.29, 1.82) is 0 Å². The highest BCUT2D eigenvalue weighted by molar-refractivity contribution is 7.15. The number of rotatable bonds is 8. The molecule has 5 nitrogen and oxygen atoms in total. The molecular weight excluding hydrogens is 353 g/mol. The van der Waals surface area contributed by atoms with E-state index in [-0.39, 0.29) is 24.2 Å². The van der Waals surface area contributed by atoms with E-state index < -0.39 is 0 Å². The fourth-order valence-electron chi connectivity index (χ4n) is 2.28. The molecule has 0 unspecified atom stereocenters. The van der Waals surface area contributed by atoms with Crippen molar-refractivity contribution >= 4 is 28.3 Å². The third kappa shape index (κ3) is 6.55. The number of thiazole rings is 1. The fourth-order valence-corrected chi connectivity index (χ4v) is 3.30. The maximum Gasteiger partial charge on any atom is 0.245 e. The van der Waals surface area contributed by atoms with E-state index in [0.717, 1.165) is 22.6 Å². The number of nitrogens with zero attached hydrogens (tertiary/aromatic N) is 1. The van der Waals surface area contributed by atoms with Gasteiger partial charge in [-0.1, -0.05) is 26.0 Å². The van der Waals surface area contributed by atoms with Crippen LogP contribution in [0.2, 0.25) is 0 Å². The van der Waals surface area contributed by atoms with Gasteiger partial charge in [-0.3, -0.25) is 9.59 Å². The number of anilines is 1. The molecule has 0 bridgehead atoms. The van der Waals surface area contributed by atoms with E-state index in [9.17, 15) is 14.0 Å². The number of benzene rings is 1. The highest BCUT2D eigenvalue weighted by Gasteiger charge is 2.12. The minimum absolute atomic E-state index is 0.0666. The number of carbonyl (C=O) groups excluding carboxylic acids is 2. The van der Waals surface area contributed by atoms with Crippen LogP contribution in [0.1, 0.15) is 42.8 Å². The van der Waals surface area contributed by atoms with E-state index in [1.54, 1.807) is 12.1 Å². The van der Waals surface area contributed by atoms with Gasteiger partial charge >= 0.3 is 0 Å². The molecular formula is C19H24FN3O2S. The lowest BCUT2D eigenvalue weighted by molar-refractivity contribution is -0.124. The van der Waals surface area contributed by atoms with E-state index in [1.165, 1.54) is 23.5 Å². The number of amides is 2. The molecule has 1 aromatic heterocycles. The van der Waals surface area contributed by atoms with E-state index in [1.807, 2.05) is 20.8 Å². The van der Waals surface area contributed by atoms with Gasteiger partial charge in [0.05, 0.1) is 12.2 Å². The Morgan fingerprint density at radius 3 is 2.54 bits per heavy atom. The largest absolute Gasteiger partial charge is 0.347 e. The molecule has 0 saturated carbocycles. The zero-order chi connectivity index (χ0) is 19.1. The Balaban J connectivity index is 1.85. The number of halogens is 1. The third-order valence-electron chi connectivity index (χ3n) is 3.81. The first kappa shape index (κ1) is 20.0. The summed E-state index contributed by atoms with van der Waals surface area (Å²) in [7, 11) is 0. The van der Waals surface area contributed by atoms with E-state index in [0.29, 0.717) is 23.9 Å². The first-order chi connectivity index (χ1) is 12.3. The van der Waals surface area contributed by atoms with Crippen LogP contribution in [0.4, 0.5) is 9.52 Å². The maximum absolute atomic E-state index is 13.0. The van der Waals surface area contributed by atoms with Crippen LogP contribution in [0.15, 0.2) is 24.3 Å². The SMILES string of the molecule is Cc1nc(NC(=O)CNC(=O)CCC(C)C)sc1Cc1ccc(F)cc1. The summed E-state index contributed by atoms with van der Waals surface area (Å²) in [6.45, 7) is 5.91. The van der Waals surface area contributed by atoms with Gasteiger partial charge < -0.3 is 10.6 Å². The topological polar surface area (TPSA) is 71.1 Å². The average molecular weight is 377 g/mol. The molecule has 2 N–H and O–H groups in total. The Morgan fingerprint density at radius 1 is 1.19 bits per heavy atom. The van der Waals surface area contributed by atoms with Gasteiger partial charge in [-0.05, 0) is 37.0 Å². The van der Waals surface area contributed by atoms with Gasteiger partial charge in [-0.15, -0.1) is 11.3 Å². The van der Waals surface area contributed by atoms with Crippen molar-refractivity contribution in [3.8, 4) is 0 Å². The molecule has 7 heteroatoms. The summed E-state index contributed by atoms with van der Waals surface area (Å²) < 4.78 is 13.0. The van der Waals surface area contributed by atoms with E-state index in [2.05, 4.69) is 15.6 Å². The van der Waals surface area contributed by atoms with E-state index in [4.69, 9.17) is 0 Å². The summed E-state index contributed by atoms with van der Waals surface area (Å²) in [5.41, 5.74) is 1.81. The van der Waals surface area contributed by atoms with Crippen LogP contribution in [0.3, 0.4) is 0 Å². The summed E-state index contributed by atoms with van der Waals surface area (Å²) in [6.07, 6.45) is 1.85. The van der Waals surface area contributed by atoms with Crippen LogP contribution in [-0.4, -0.2) is 23.3 Å². The number of hydrogen-bond acceptors (Lipinski definition) is 4. The Bertz CT molecular complexity index is 757. The first-order valence-corrected chi connectivity index (χ1v) is 9.42. The molecule has 26 heavy (non-hydrogen) atoms. The van der Waals surface area contributed by atoms with Crippen molar-refractivity contribution in [2.45, 2.75) is 40.0 Å². The second-order valence-electron chi connectivity index (χ2n) is 6.59. The molecule has 0 fully saturated rings. The smallest absolute Gasteiger partial charge is 0.245 e. The average Bonchev–Trinajstić information content (AvgIpc) is 2.92. The van der Waals surface area contributed by atoms with E-state index >= 15 is 0 Å². The summed E-state index contributed by atoms with van der Waals surface area (Å²) in [5.74, 6) is -0.239. The molecule has 140 valence electrons. The summed E-state index contributed by atoms with van der Waals surface area (Å²) in [5, 5.41) is 5.83. The lowest BCUT2D eigenvalue weighted by Crippen LogP contribution is -2.32. The number of aryl methyl sites for hydroxylation is 1. The van der Waals surface area contributed by atoms with Crippen LogP contribution in [0, 0.1) is 18.7 Å². The molecule has 1 aromatic carbocycles. The number of nitrogens with one attached hydrogen (secondary N) is 2. The van der Waals surface area contributed by atoms with Gasteiger partial charge in [0.2, 0.25) is 11.8 Å². The van der Waals surface area contributed by atoms with Crippen molar-refractivity contribution in [2.24, 2.45) is 5.92 Å². The molecule has 0 aliphatic rings. The van der Waals surface area contributed by atoms with Crippen molar-refractivity contribution in [3.05, 3.63) is 46.2 Å². The van der Waals surface area contributed by atoms with Gasteiger partial charge in [-0.25, -0.2) is 9.37 Å². The standard InChI is InChI=1S/C19H24FN3O2S/c1-12(2)4-9-17(24)21-11-18(25)23-19-22-13(3)16(26-19)10-14-5-7-15(20)8-6-14/h5-8,12H,4,9-11H2,1-3H3,(H,21,24)(H,22,23,25). The Hall–Kier alpha value is -2.28. The van der Waals surface area contributed by atoms with Gasteiger partial charge in [-0.2, -0.15) is 0 Å². The summed E-state index contributed by atoms with van der Waals surface area (Å²) in [4.78, 5) is 29.0. The molecule has 0 spiro atoms. The molecule has 0 aliphatic carbocycles. The zero-order valence-electron chi connectivity index (χ0n) is 15.3. The number of hydrogen-bond donors (Lipinski definition) is 2. The van der Waals surface area contributed by atoms with Crippen molar-refractivity contribution in [1.82, 2.24) is 10.3 Å². The third-order valence-corrected chi connectivity index (χ3v) is 4.88. The van der Waals surface area contributed by atoms with Gasteiger partial charge in [0.1, 0.15) is 5.82 Å². The minimum atomic E-state index is -0.301. The molecule has 0 atom stereocenters. The Morgan fingerprint density at radius 2 is 1.88 bits per heavy atom. The molecule has 2 rings (SSSR count). The molecule has 2 amide bonds. The minimum Gasteiger partial charge on any atom is -0.347 e. The zero-order valence-corrected chi connectivity index (χ0v) is 16.1. The highest BCUT2D eigenvalue weighted by Crippen LogP contribution is 2.25.